The number of hydrogen-bond donors (Lipinski definition) is 5. The number of hydrogen-bond acceptors (Lipinski definition) is 23. The molecule has 16 rings (SSSR count). The molecule has 5 N–H and O–H groups in total. The number of nitrogens with one attached hydrogen (secondary N) is 3. The van der Waals surface area contributed by atoms with Gasteiger partial charge < -0.3 is 68.8 Å². The van der Waals surface area contributed by atoms with Crippen LogP contribution in [-0.4, -0.2) is 212 Å². The first-order valence-electron chi connectivity index (χ1n) is 40.8. The molecular weight excluding hydrogens is 1940 g/mol. The number of aromatic nitrogens is 1. The fourth-order valence-electron chi connectivity index (χ4n) is 23.1. The number of carbonyl (C=O) groups is 5. The minimum Gasteiger partial charge on any atom is -0.497 e. The molecule has 9 heterocycles. The topological polar surface area (TPSA) is 333 Å². The molecule has 2 saturated carbocycles. The van der Waals surface area contributed by atoms with E-state index >= 15 is 4.79 Å². The van der Waals surface area contributed by atoms with E-state index in [4.69, 9.17) is 143 Å². The normalized spacial score (nSPS) is 25.8. The van der Waals surface area contributed by atoms with Crippen LogP contribution in [0.1, 0.15) is 120 Å². The van der Waals surface area contributed by atoms with E-state index in [-0.39, 0.29) is 72.4 Å². The standard InChI is InChI=1S/C53H62N6O10.C32H38N4O8.CH4.12F2.FH/c1-7-33-24-34-27-52(48(61)67-6,44-37(18-22-57(28-33)29-34)36-15-10-11-16-40(36)55-44)39-25-38-42(26-43(39)66-5)56(4)46-51(38)20-23-58-21-13-19-50(8-2,45(51)58)47(69-32(3)60)53(46,63)31-54-49(62)68-30-35-14-9-12-17-41(35)59(64)65;1-5-30-13-8-15-35-16-14-31(26(30)35)23-12-11-22(42-4)17-25(23)34(3)27(31)32(39,28(30)44-20(2)37)19-33-29(38)43-18-21-9-6-7-10-24(21)36(40)41;;12*1-2;/h9-17,19,24-26,34,45-47,55,63H,7-8,18,20-23,27-31H2,1-6H3,(H,54,62);6-13,17,26-28,39H,5,14-16,18-19H2,1-4H3,(H,33,38);1H4;;;;;;;;;;;;;1H/t34-,45-,46+,47+,50+,51+,52-,53-;26-,27+,28+,30+,31+,32-;;;;;;;;;;;;;;/m00............../s1. The van der Waals surface area contributed by atoms with E-state index in [1.54, 1.807) is 26.4 Å². The van der Waals surface area contributed by atoms with Gasteiger partial charge in [0.2, 0.25) is 0 Å². The average Bonchev–Trinajstić information content (AvgIpc) is 1.49. The van der Waals surface area contributed by atoms with Crippen molar-refractivity contribution in [1.82, 2.24) is 30.3 Å². The number of alkyl carbamates (subject to hydrolysis) is 2. The first-order valence-corrected chi connectivity index (χ1v) is 40.8. The van der Waals surface area contributed by atoms with Crippen LogP contribution in [0.15, 0.2) is 139 Å². The highest BCUT2D eigenvalue weighted by Gasteiger charge is 2.80. The number of anilines is 2. The van der Waals surface area contributed by atoms with Crippen molar-refractivity contribution in [3.63, 3.8) is 0 Å². The van der Waals surface area contributed by atoms with Crippen LogP contribution in [0.5, 0.6) is 11.5 Å². The van der Waals surface area contributed by atoms with Crippen LogP contribution in [0.4, 0.5) is 147 Å². The third-order valence-corrected chi connectivity index (χ3v) is 27.0. The Morgan fingerprint density at radius 1 is 0.547 bits per heavy atom. The van der Waals surface area contributed by atoms with Gasteiger partial charge in [0.15, 0.2) is 0 Å². The molecule has 5 aromatic carbocycles. The van der Waals surface area contributed by atoms with Crippen molar-refractivity contribution in [2.45, 2.75) is 164 Å². The summed E-state index contributed by atoms with van der Waals surface area (Å²) in [6, 6.07) is 28.6. The lowest BCUT2D eigenvalue weighted by molar-refractivity contribution is -0.386. The maximum absolute atomic E-state index is 15.5. The summed E-state index contributed by atoms with van der Waals surface area (Å²) < 4.78 is 233. The number of benzene rings is 5. The Kier molecular flexibility index (Phi) is 51.6. The summed E-state index contributed by atoms with van der Waals surface area (Å²) in [5.41, 5.74) is 0.288. The van der Waals surface area contributed by atoms with Gasteiger partial charge in [-0.1, -0.05) is 113 Å². The summed E-state index contributed by atoms with van der Waals surface area (Å²) in [7, 11) is 8.52. The zero-order valence-corrected chi connectivity index (χ0v) is 75.0. The van der Waals surface area contributed by atoms with Gasteiger partial charge in [0.1, 0.15) is 53.5 Å². The maximum atomic E-state index is 15.5. The van der Waals surface area contributed by atoms with Crippen LogP contribution >= 0.6 is 0 Å². The van der Waals surface area contributed by atoms with Crippen LogP contribution in [0.3, 0.4) is 0 Å². The molecule has 1 unspecified atom stereocenters. The minimum absolute atomic E-state index is 0. The Morgan fingerprint density at radius 2 is 0.978 bits per heavy atom. The van der Waals surface area contributed by atoms with Crippen LogP contribution < -0.4 is 29.9 Å². The van der Waals surface area contributed by atoms with Gasteiger partial charge in [-0.05, 0) is 111 Å². The van der Waals surface area contributed by atoms with Crippen molar-refractivity contribution >= 4 is 63.7 Å². The maximum Gasteiger partial charge on any atom is 0.407 e. The number of H-pyrrole nitrogens is 1. The van der Waals surface area contributed by atoms with Crippen molar-refractivity contribution in [3.8, 4) is 11.5 Å². The third-order valence-electron chi connectivity index (χ3n) is 27.0. The summed E-state index contributed by atoms with van der Waals surface area (Å²) in [6.45, 7) is 12.8. The van der Waals surface area contributed by atoms with E-state index in [1.165, 1.54) is 62.9 Å². The summed E-state index contributed by atoms with van der Waals surface area (Å²) in [5, 5.41) is 56.8. The summed E-state index contributed by atoms with van der Waals surface area (Å²) >= 11 is 0. The Morgan fingerprint density at radius 3 is 1.40 bits per heavy atom. The number of para-hydroxylation sites is 3. The first-order chi connectivity index (χ1) is 66.2. The number of halogens is 25. The highest BCUT2D eigenvalue weighted by molar-refractivity contribution is 5.94. The molecule has 2 bridgehead atoms. The highest BCUT2D eigenvalue weighted by Crippen LogP contribution is 2.70. The lowest BCUT2D eigenvalue weighted by Gasteiger charge is -2.64. The van der Waals surface area contributed by atoms with Gasteiger partial charge in [-0.3, -0.25) is 54.0 Å². The molecular formula is C86H105F25N10O18. The molecule has 2 saturated heterocycles. The molecule has 2 aliphatic carbocycles. The molecule has 15 atom stereocenters. The zero-order chi connectivity index (χ0) is 104. The number of esters is 3. The first kappa shape index (κ1) is 125. The fourth-order valence-corrected chi connectivity index (χ4v) is 23.1. The lowest BCUT2D eigenvalue weighted by atomic mass is 9.47. The van der Waals surface area contributed by atoms with Gasteiger partial charge in [0.25, 0.3) is 11.4 Å². The molecule has 28 nitrogen and oxygen atoms in total. The summed E-state index contributed by atoms with van der Waals surface area (Å²) in [4.78, 5) is 106. The van der Waals surface area contributed by atoms with Gasteiger partial charge in [0, 0.05) is 262 Å². The smallest absolute Gasteiger partial charge is 0.407 e. The highest BCUT2D eigenvalue weighted by atomic mass is 20.0. The van der Waals surface area contributed by atoms with Crippen LogP contribution in [-0.2, 0) is 73.9 Å². The second-order valence-corrected chi connectivity index (χ2v) is 32.2. The van der Waals surface area contributed by atoms with E-state index in [0.29, 0.717) is 62.3 Å². The largest absolute Gasteiger partial charge is 0.497 e. The van der Waals surface area contributed by atoms with Crippen molar-refractivity contribution in [1.29, 1.82) is 0 Å². The number of rotatable bonds is 19. The average molecular weight is 2040 g/mol. The number of carbonyl (C=O) groups excluding carboxylic acids is 5. The number of nitrogens with zero attached hydrogens (tertiary/aromatic N) is 7. The van der Waals surface area contributed by atoms with E-state index in [2.05, 4.69) is 91.9 Å². The van der Waals surface area contributed by atoms with Gasteiger partial charge in [-0.2, -0.15) is 0 Å². The lowest BCUT2D eigenvalue weighted by Crippen LogP contribution is -2.81. The number of aliphatic hydroxyl groups is 2. The number of fused-ring (bicyclic) bond motifs is 7. The number of ether oxygens (including phenoxy) is 7. The number of aromatic amines is 1. The number of nitro benzene ring substituents is 2. The Balaban J connectivity index is 0.00000119. The molecule has 0 radical (unpaired) electrons. The van der Waals surface area contributed by atoms with E-state index in [9.17, 15) is 49.6 Å². The molecule has 2 amide bonds. The van der Waals surface area contributed by atoms with Crippen molar-refractivity contribution in [3.05, 3.63) is 198 Å². The molecule has 139 heavy (non-hydrogen) atoms. The van der Waals surface area contributed by atoms with Crippen molar-refractivity contribution < 1.29 is 192 Å². The minimum atomic E-state index is -1.97. The van der Waals surface area contributed by atoms with E-state index < -0.39 is 109 Å². The molecule has 8 aliphatic heterocycles. The number of methoxy groups -OCH3 is 3. The predicted molar refractivity (Wildman–Crippen MR) is 455 cm³/mol. The molecule has 782 valence electrons. The van der Waals surface area contributed by atoms with Crippen LogP contribution in [0.2, 0.25) is 0 Å². The predicted octanol–water partition coefficient (Wildman–Crippen LogP) is 20.6. The second kappa shape index (κ2) is 57.4. The summed E-state index contributed by atoms with van der Waals surface area (Å²) in [5.74, 6) is -0.375. The monoisotopic (exact) mass is 2040 g/mol. The van der Waals surface area contributed by atoms with Crippen LogP contribution in [0.25, 0.3) is 10.9 Å². The van der Waals surface area contributed by atoms with E-state index in [0.717, 1.165) is 90.2 Å². The zero-order valence-electron chi connectivity index (χ0n) is 75.0. The second-order valence-electron chi connectivity index (χ2n) is 32.2. The van der Waals surface area contributed by atoms with Gasteiger partial charge in [0.05, 0.1) is 67.5 Å². The molecule has 10 aliphatic rings. The quantitative estimate of drug-likeness (QED) is 0.0126. The Bertz CT molecular complexity index is 5010. The summed E-state index contributed by atoms with van der Waals surface area (Å²) in [6.07, 6.45) is 11.2. The SMILES string of the molecule is C.CCC1=C[C@@H]2CN(CCc3c([nH]c4ccccc34)[C@@](C(=O)OC)(c3cc4c(cc3OC)N(C)[C@H]3[C@@](O)(CNC(=O)OCc5ccccc5[N+](=O)[O-])[C@H](OC(C)=O)[C@]5(CC)C=CCN6CC[C@]43[C@@H]65)C2)C1.CC[C@]12C=CCN3CC[C@@]4(c5ccc(OC)cc5N(C)[C@H]4[C@@](O)(CNC(=O)OCc4ccccc4[N+](=O)[O-])[C@@H]1OC(C)=O)[C@@H]32.F.FF.FF.FF.FF.FF.FF.FF.FF.FF.FF.FF.FF. The van der Waals surface area contributed by atoms with Gasteiger partial charge in [-0.15, -0.1) is 0 Å². The van der Waals surface area contributed by atoms with Crippen LogP contribution in [0, 0.1) is 37.0 Å². The fraction of sp³-hybridized carbons (Fsp3) is 0.500. The van der Waals surface area contributed by atoms with Gasteiger partial charge in [-0.25, -0.2) is 9.59 Å². The number of likely N-dealkylation sites (N-methyl/N-ethyl adjacent to an activating group) is 2. The Hall–Kier alpha value is -12.1. The third kappa shape index (κ3) is 23.3. The number of nitro groups is 2. The molecule has 6 aromatic rings. The van der Waals surface area contributed by atoms with E-state index in [1.807, 2.05) is 68.1 Å². The molecule has 4 fully saturated rings. The molecule has 53 heteroatoms. The van der Waals surface area contributed by atoms with Crippen molar-refractivity contribution in [2.24, 2.45) is 16.7 Å². The van der Waals surface area contributed by atoms with Gasteiger partial charge >= 0.3 is 30.1 Å². The molecule has 2 spiro atoms. The van der Waals surface area contributed by atoms with Crippen molar-refractivity contribution in [2.75, 3.05) is 104 Å². The Labute approximate surface area is 778 Å². The number of amides is 2. The molecule has 1 aromatic heterocycles.